The summed E-state index contributed by atoms with van der Waals surface area (Å²) in [5.41, 5.74) is 6.36. The number of carbonyl (C=O) groups is 2. The topological polar surface area (TPSA) is 102 Å². The molecule has 2 aliphatic heterocycles. The number of nitrogens with zero attached hydrogens (tertiary/aromatic N) is 4. The Morgan fingerprint density at radius 3 is 2.52 bits per heavy atom. The lowest BCUT2D eigenvalue weighted by Crippen LogP contribution is -2.42. The molecule has 4 heterocycles. The summed E-state index contributed by atoms with van der Waals surface area (Å²) in [4.78, 5) is 35.5. The summed E-state index contributed by atoms with van der Waals surface area (Å²) < 4.78 is 32.3. The molecular formula is C19H19F2N5O3. The van der Waals surface area contributed by atoms with Gasteiger partial charge in [0.1, 0.15) is 12.3 Å². The molecule has 2 aromatic rings. The van der Waals surface area contributed by atoms with Crippen molar-refractivity contribution in [1.82, 2.24) is 14.9 Å². The summed E-state index contributed by atoms with van der Waals surface area (Å²) in [6, 6.07) is 4.81. The first kappa shape index (κ1) is 19.0. The van der Waals surface area contributed by atoms with Crippen LogP contribution in [-0.4, -0.2) is 58.8 Å². The zero-order valence-electron chi connectivity index (χ0n) is 15.5. The van der Waals surface area contributed by atoms with E-state index in [9.17, 15) is 18.4 Å². The Hall–Kier alpha value is -3.30. The van der Waals surface area contributed by atoms with E-state index in [4.69, 9.17) is 10.5 Å². The fraction of sp³-hybridized carbons (Fsp3) is 0.368. The number of rotatable bonds is 3. The molecule has 0 bridgehead atoms. The number of carbonyl (C=O) groups excluding carboxylic acids is 2. The lowest BCUT2D eigenvalue weighted by molar-refractivity contribution is -0.0494. The first-order valence-electron chi connectivity index (χ1n) is 9.17. The molecule has 0 unspecified atom stereocenters. The Bertz CT molecular complexity index is 941. The van der Waals surface area contributed by atoms with Crippen LogP contribution in [0.2, 0.25) is 0 Å². The van der Waals surface area contributed by atoms with Gasteiger partial charge in [0.05, 0.1) is 24.0 Å². The monoisotopic (exact) mass is 403 g/mol. The van der Waals surface area contributed by atoms with Gasteiger partial charge in [-0.05, 0) is 18.2 Å². The number of pyridine rings is 2. The molecule has 0 atom stereocenters. The highest BCUT2D eigenvalue weighted by atomic mass is 19.3. The Morgan fingerprint density at radius 1 is 1.10 bits per heavy atom. The molecule has 0 saturated carbocycles. The maximum absolute atomic E-state index is 13.3. The Balaban J connectivity index is 1.55. The van der Waals surface area contributed by atoms with Crippen LogP contribution in [0.5, 0.6) is 5.75 Å². The summed E-state index contributed by atoms with van der Waals surface area (Å²) in [6.07, 6.45) is 2.26. The van der Waals surface area contributed by atoms with E-state index in [1.54, 1.807) is 12.1 Å². The minimum Gasteiger partial charge on any atom is -0.488 e. The Labute approximate surface area is 165 Å². The number of anilines is 2. The fourth-order valence-corrected chi connectivity index (χ4v) is 3.38. The molecule has 29 heavy (non-hydrogen) atoms. The second-order valence-electron chi connectivity index (χ2n) is 6.96. The van der Waals surface area contributed by atoms with E-state index in [-0.39, 0.29) is 43.1 Å². The van der Waals surface area contributed by atoms with Crippen molar-refractivity contribution in [1.29, 1.82) is 0 Å². The number of hydrogen-bond donors (Lipinski definition) is 1. The van der Waals surface area contributed by atoms with Crippen LogP contribution in [0.3, 0.4) is 0 Å². The average molecular weight is 403 g/mol. The number of hydrogen-bond acceptors (Lipinski definition) is 6. The van der Waals surface area contributed by atoms with Gasteiger partial charge in [-0.25, -0.2) is 18.7 Å². The van der Waals surface area contributed by atoms with Crippen LogP contribution in [0.1, 0.15) is 33.7 Å². The summed E-state index contributed by atoms with van der Waals surface area (Å²) >= 11 is 0. The number of primary amides is 1. The number of nitrogens with two attached hydrogens (primary N) is 1. The SMILES string of the molecule is NC(=O)c1ccc(N2CCOc3cc(C(=O)N4CCC(F)(F)CC4)cnc32)cn1. The number of likely N-dealkylation sites (tertiary alicyclic amines) is 1. The zero-order chi connectivity index (χ0) is 20.6. The highest BCUT2D eigenvalue weighted by molar-refractivity contribution is 5.95. The summed E-state index contributed by atoms with van der Waals surface area (Å²) in [5.74, 6) is -2.75. The minimum atomic E-state index is -2.72. The average Bonchev–Trinajstić information content (AvgIpc) is 2.72. The van der Waals surface area contributed by atoms with E-state index in [2.05, 4.69) is 9.97 Å². The van der Waals surface area contributed by atoms with Crippen molar-refractivity contribution in [2.45, 2.75) is 18.8 Å². The summed E-state index contributed by atoms with van der Waals surface area (Å²) in [7, 11) is 0. The highest BCUT2D eigenvalue weighted by Crippen LogP contribution is 2.35. The number of aromatic nitrogens is 2. The molecule has 1 fully saturated rings. The van der Waals surface area contributed by atoms with E-state index < -0.39 is 11.8 Å². The molecule has 4 rings (SSSR count). The van der Waals surface area contributed by atoms with Crippen molar-refractivity contribution in [3.63, 3.8) is 0 Å². The van der Waals surface area contributed by atoms with E-state index in [0.717, 1.165) is 0 Å². The summed E-state index contributed by atoms with van der Waals surface area (Å²) in [6.45, 7) is 0.882. The van der Waals surface area contributed by atoms with Crippen LogP contribution in [0.4, 0.5) is 20.3 Å². The molecule has 0 spiro atoms. The molecule has 0 radical (unpaired) electrons. The normalized spacial score (nSPS) is 18.0. The van der Waals surface area contributed by atoms with Gasteiger partial charge in [0.15, 0.2) is 11.6 Å². The third kappa shape index (κ3) is 3.82. The second kappa shape index (κ2) is 7.26. The van der Waals surface area contributed by atoms with E-state index in [1.807, 2.05) is 4.90 Å². The van der Waals surface area contributed by atoms with Gasteiger partial charge in [0.2, 0.25) is 0 Å². The maximum Gasteiger partial charge on any atom is 0.267 e. The lowest BCUT2D eigenvalue weighted by Gasteiger charge is -2.32. The fourth-order valence-electron chi connectivity index (χ4n) is 3.38. The highest BCUT2D eigenvalue weighted by Gasteiger charge is 2.36. The van der Waals surface area contributed by atoms with E-state index in [0.29, 0.717) is 30.4 Å². The van der Waals surface area contributed by atoms with Gasteiger partial charge >= 0.3 is 0 Å². The van der Waals surface area contributed by atoms with Crippen molar-refractivity contribution in [2.75, 3.05) is 31.1 Å². The maximum atomic E-state index is 13.3. The standard InChI is InChI=1S/C19H19F2N5O3/c20-19(21)3-5-25(6-4-19)18(28)12-9-15-17(24-10-12)26(7-8-29-15)13-1-2-14(16(22)27)23-11-13/h1-2,9-11H,3-8H2,(H2,22,27). The molecule has 2 aliphatic rings. The van der Waals surface area contributed by atoms with Gasteiger partial charge in [-0.3, -0.25) is 9.59 Å². The van der Waals surface area contributed by atoms with Crippen molar-refractivity contribution in [3.05, 3.63) is 41.9 Å². The largest absolute Gasteiger partial charge is 0.488 e. The molecular weight excluding hydrogens is 384 g/mol. The molecule has 152 valence electrons. The number of ether oxygens (including phenoxy) is 1. The van der Waals surface area contributed by atoms with Gasteiger partial charge in [-0.2, -0.15) is 0 Å². The predicted octanol–water partition coefficient (Wildman–Crippen LogP) is 1.98. The van der Waals surface area contributed by atoms with Crippen LogP contribution in [0.15, 0.2) is 30.6 Å². The Kier molecular flexibility index (Phi) is 4.77. The number of piperidine rings is 1. The van der Waals surface area contributed by atoms with Crippen LogP contribution in [0.25, 0.3) is 0 Å². The number of fused-ring (bicyclic) bond motifs is 1. The zero-order valence-corrected chi connectivity index (χ0v) is 15.5. The van der Waals surface area contributed by atoms with Crippen molar-refractivity contribution >= 4 is 23.3 Å². The molecule has 2 amide bonds. The molecule has 0 aromatic carbocycles. The molecule has 2 N–H and O–H groups in total. The van der Waals surface area contributed by atoms with Gasteiger partial charge in [0.25, 0.3) is 17.7 Å². The minimum absolute atomic E-state index is 0.00772. The van der Waals surface area contributed by atoms with Crippen molar-refractivity contribution in [3.8, 4) is 5.75 Å². The van der Waals surface area contributed by atoms with Gasteiger partial charge in [0, 0.05) is 32.1 Å². The Morgan fingerprint density at radius 2 is 1.86 bits per heavy atom. The van der Waals surface area contributed by atoms with E-state index >= 15 is 0 Å². The molecule has 2 aromatic heterocycles. The summed E-state index contributed by atoms with van der Waals surface area (Å²) in [5, 5.41) is 0. The van der Waals surface area contributed by atoms with Crippen molar-refractivity contribution < 1.29 is 23.1 Å². The van der Waals surface area contributed by atoms with Gasteiger partial charge in [-0.15, -0.1) is 0 Å². The first-order chi connectivity index (χ1) is 13.8. The van der Waals surface area contributed by atoms with Crippen molar-refractivity contribution in [2.24, 2.45) is 5.73 Å². The number of amides is 2. The van der Waals surface area contributed by atoms with Crippen LogP contribution >= 0.6 is 0 Å². The second-order valence-corrected chi connectivity index (χ2v) is 6.96. The molecule has 0 aliphatic carbocycles. The molecule has 10 heteroatoms. The van der Waals surface area contributed by atoms with Crippen LogP contribution in [0, 0.1) is 0 Å². The number of alkyl halides is 2. The molecule has 1 saturated heterocycles. The smallest absolute Gasteiger partial charge is 0.267 e. The van der Waals surface area contributed by atoms with E-state index in [1.165, 1.54) is 23.4 Å². The van der Waals surface area contributed by atoms with Gasteiger partial charge in [-0.1, -0.05) is 0 Å². The number of halogens is 2. The first-order valence-corrected chi connectivity index (χ1v) is 9.17. The van der Waals surface area contributed by atoms with Gasteiger partial charge < -0.3 is 20.3 Å². The third-order valence-corrected chi connectivity index (χ3v) is 5.00. The molecule has 8 nitrogen and oxygen atoms in total. The quantitative estimate of drug-likeness (QED) is 0.841. The third-order valence-electron chi connectivity index (χ3n) is 5.00. The van der Waals surface area contributed by atoms with Crippen LogP contribution in [-0.2, 0) is 0 Å². The predicted molar refractivity (Wildman–Crippen MR) is 99.6 cm³/mol. The lowest BCUT2D eigenvalue weighted by atomic mass is 10.1. The van der Waals surface area contributed by atoms with Crippen LogP contribution < -0.4 is 15.4 Å².